The summed E-state index contributed by atoms with van der Waals surface area (Å²) >= 11 is 6.00. The van der Waals surface area contributed by atoms with Gasteiger partial charge in [-0.05, 0) is 53.3 Å². The molecule has 2 aromatic rings. The number of fused-ring (bicyclic) bond motifs is 3. The van der Waals surface area contributed by atoms with Gasteiger partial charge in [0.25, 0.3) is 0 Å². The van der Waals surface area contributed by atoms with Crippen LogP contribution in [0.25, 0.3) is 0 Å². The Balaban J connectivity index is 1.77. The zero-order valence-electron chi connectivity index (χ0n) is 12.3. The lowest BCUT2D eigenvalue weighted by atomic mass is 9.76. The molecule has 2 aliphatic rings. The van der Waals surface area contributed by atoms with Gasteiger partial charge in [0.15, 0.2) is 0 Å². The fraction of sp³-hybridized carbons (Fsp3) is 0.211. The van der Waals surface area contributed by atoms with Gasteiger partial charge in [-0.2, -0.15) is 0 Å². The number of allylic oxidation sites excluding steroid dienone is 2. The SMILES string of the molecule is O=C([O-])c1ccc2c(c1)[C@@H]1C=CC[C@@H]1[C@H](c1ccc(Cl)cc1)N2. The molecule has 0 bridgehead atoms. The Morgan fingerprint density at radius 2 is 1.96 bits per heavy atom. The van der Waals surface area contributed by atoms with Crippen LogP contribution in [0.4, 0.5) is 5.69 Å². The zero-order valence-corrected chi connectivity index (χ0v) is 13.1. The minimum absolute atomic E-state index is 0.188. The predicted molar refractivity (Wildman–Crippen MR) is 88.6 cm³/mol. The molecule has 0 saturated heterocycles. The van der Waals surface area contributed by atoms with E-state index in [9.17, 15) is 9.90 Å². The highest BCUT2D eigenvalue weighted by atomic mass is 35.5. The van der Waals surface area contributed by atoms with Crippen molar-refractivity contribution < 1.29 is 9.90 Å². The Hall–Kier alpha value is -2.26. The number of nitrogens with one attached hydrogen (secondary N) is 1. The van der Waals surface area contributed by atoms with Crippen molar-refractivity contribution in [2.45, 2.75) is 18.4 Å². The second kappa shape index (κ2) is 5.43. The number of carboxylic acid groups (broad SMARTS) is 1. The van der Waals surface area contributed by atoms with Gasteiger partial charge in [0.1, 0.15) is 0 Å². The third kappa shape index (κ3) is 2.41. The Morgan fingerprint density at radius 3 is 2.70 bits per heavy atom. The molecule has 1 aliphatic heterocycles. The van der Waals surface area contributed by atoms with Gasteiger partial charge in [-0.3, -0.25) is 0 Å². The number of hydrogen-bond acceptors (Lipinski definition) is 3. The van der Waals surface area contributed by atoms with Crippen LogP contribution < -0.4 is 10.4 Å². The number of halogens is 1. The smallest absolute Gasteiger partial charge is 0.0715 e. The maximum absolute atomic E-state index is 11.1. The molecule has 0 spiro atoms. The Bertz CT molecular complexity index is 798. The van der Waals surface area contributed by atoms with E-state index in [-0.39, 0.29) is 17.5 Å². The summed E-state index contributed by atoms with van der Waals surface area (Å²) in [5.74, 6) is -0.530. The number of carbonyl (C=O) groups is 1. The Kier molecular flexibility index (Phi) is 3.38. The fourth-order valence-electron chi connectivity index (χ4n) is 3.72. The molecule has 23 heavy (non-hydrogen) atoms. The number of rotatable bonds is 2. The first-order valence-corrected chi connectivity index (χ1v) is 8.05. The summed E-state index contributed by atoms with van der Waals surface area (Å²) in [7, 11) is 0. The van der Waals surface area contributed by atoms with E-state index < -0.39 is 5.97 Å². The van der Waals surface area contributed by atoms with E-state index >= 15 is 0 Å². The summed E-state index contributed by atoms with van der Waals surface area (Å²) < 4.78 is 0. The molecule has 0 radical (unpaired) electrons. The summed E-state index contributed by atoms with van der Waals surface area (Å²) in [6.45, 7) is 0. The summed E-state index contributed by atoms with van der Waals surface area (Å²) in [6.07, 6.45) is 5.34. The number of benzene rings is 2. The first kappa shape index (κ1) is 14.3. The van der Waals surface area contributed by atoms with Gasteiger partial charge >= 0.3 is 0 Å². The van der Waals surface area contributed by atoms with Crippen LogP contribution >= 0.6 is 11.6 Å². The number of carbonyl (C=O) groups excluding carboxylic acids is 1. The third-order valence-corrected chi connectivity index (χ3v) is 5.08. The van der Waals surface area contributed by atoms with Crippen LogP contribution in [0.1, 0.15) is 39.9 Å². The van der Waals surface area contributed by atoms with Crippen LogP contribution in [0.15, 0.2) is 54.6 Å². The van der Waals surface area contributed by atoms with Gasteiger partial charge in [0, 0.05) is 16.6 Å². The van der Waals surface area contributed by atoms with Gasteiger partial charge in [0.05, 0.1) is 12.0 Å². The van der Waals surface area contributed by atoms with E-state index in [2.05, 4.69) is 29.6 Å². The van der Waals surface area contributed by atoms with Crippen molar-refractivity contribution in [2.24, 2.45) is 5.92 Å². The molecule has 1 aliphatic carbocycles. The molecule has 0 fully saturated rings. The second-order valence-corrected chi connectivity index (χ2v) is 6.55. The Morgan fingerprint density at radius 1 is 1.17 bits per heavy atom. The Labute approximate surface area is 139 Å². The van der Waals surface area contributed by atoms with Gasteiger partial charge < -0.3 is 15.2 Å². The molecule has 4 rings (SSSR count). The van der Waals surface area contributed by atoms with Crippen molar-refractivity contribution in [3.05, 3.63) is 76.3 Å². The maximum atomic E-state index is 11.1. The molecule has 1 N–H and O–H groups in total. The highest BCUT2D eigenvalue weighted by Gasteiger charge is 2.37. The lowest BCUT2D eigenvalue weighted by molar-refractivity contribution is -0.255. The van der Waals surface area contributed by atoms with Gasteiger partial charge in [-0.15, -0.1) is 0 Å². The van der Waals surface area contributed by atoms with Crippen molar-refractivity contribution in [2.75, 3.05) is 5.32 Å². The highest BCUT2D eigenvalue weighted by Crippen LogP contribution is 2.49. The number of aromatic carboxylic acids is 1. The lowest BCUT2D eigenvalue weighted by Gasteiger charge is -2.37. The first-order valence-electron chi connectivity index (χ1n) is 7.67. The van der Waals surface area contributed by atoms with Gasteiger partial charge in [-0.25, -0.2) is 0 Å². The van der Waals surface area contributed by atoms with Crippen molar-refractivity contribution >= 4 is 23.3 Å². The van der Waals surface area contributed by atoms with E-state index in [1.165, 1.54) is 5.56 Å². The summed E-state index contributed by atoms with van der Waals surface area (Å²) in [4.78, 5) is 11.1. The minimum atomic E-state index is -1.13. The summed E-state index contributed by atoms with van der Waals surface area (Å²) in [5.41, 5.74) is 3.45. The molecule has 4 heteroatoms. The molecule has 0 amide bonds. The predicted octanol–water partition coefficient (Wildman–Crippen LogP) is 3.53. The van der Waals surface area contributed by atoms with Crippen molar-refractivity contribution in [1.82, 2.24) is 0 Å². The van der Waals surface area contributed by atoms with Crippen LogP contribution in [0.5, 0.6) is 0 Å². The normalized spacial score (nSPS) is 24.7. The second-order valence-electron chi connectivity index (χ2n) is 6.12. The van der Waals surface area contributed by atoms with Gasteiger partial charge in [-0.1, -0.05) is 42.0 Å². The number of carboxylic acids is 1. The van der Waals surface area contributed by atoms with E-state index in [1.807, 2.05) is 18.2 Å². The van der Waals surface area contributed by atoms with E-state index in [4.69, 9.17) is 11.6 Å². The van der Waals surface area contributed by atoms with E-state index in [0.29, 0.717) is 5.92 Å². The van der Waals surface area contributed by atoms with Crippen molar-refractivity contribution in [1.29, 1.82) is 0 Å². The first-order chi connectivity index (χ1) is 11.1. The van der Waals surface area contributed by atoms with Gasteiger partial charge in [0.2, 0.25) is 0 Å². The van der Waals surface area contributed by atoms with Crippen molar-refractivity contribution in [3.8, 4) is 0 Å². The zero-order chi connectivity index (χ0) is 16.0. The molecule has 3 nitrogen and oxygen atoms in total. The van der Waals surface area contributed by atoms with Crippen LogP contribution in [-0.2, 0) is 0 Å². The number of hydrogen-bond donors (Lipinski definition) is 1. The van der Waals surface area contributed by atoms with Crippen LogP contribution in [-0.4, -0.2) is 5.97 Å². The molecular formula is C19H15ClNO2-. The lowest BCUT2D eigenvalue weighted by Crippen LogP contribution is -2.30. The topological polar surface area (TPSA) is 52.2 Å². The monoisotopic (exact) mass is 324 g/mol. The fourth-order valence-corrected chi connectivity index (χ4v) is 3.85. The highest BCUT2D eigenvalue weighted by molar-refractivity contribution is 6.30. The van der Waals surface area contributed by atoms with Crippen LogP contribution in [0.2, 0.25) is 5.02 Å². The average Bonchev–Trinajstić information content (AvgIpc) is 3.04. The average molecular weight is 325 g/mol. The quantitative estimate of drug-likeness (QED) is 0.860. The van der Waals surface area contributed by atoms with E-state index in [0.717, 1.165) is 22.7 Å². The van der Waals surface area contributed by atoms with Crippen molar-refractivity contribution in [3.63, 3.8) is 0 Å². The number of anilines is 1. The molecule has 0 aromatic heterocycles. The summed E-state index contributed by atoms with van der Waals surface area (Å²) in [6, 6.07) is 13.3. The molecule has 116 valence electrons. The molecular weight excluding hydrogens is 310 g/mol. The maximum Gasteiger partial charge on any atom is 0.0715 e. The van der Waals surface area contributed by atoms with E-state index in [1.54, 1.807) is 12.1 Å². The molecule has 3 atom stereocenters. The molecule has 0 unspecified atom stereocenters. The molecule has 1 heterocycles. The minimum Gasteiger partial charge on any atom is -0.545 e. The summed E-state index contributed by atoms with van der Waals surface area (Å²) in [5, 5.41) is 15.4. The van der Waals surface area contributed by atoms with Crippen LogP contribution in [0.3, 0.4) is 0 Å². The molecule has 0 saturated carbocycles. The van der Waals surface area contributed by atoms with Crippen LogP contribution in [0, 0.1) is 5.92 Å². The molecule has 2 aromatic carbocycles. The third-order valence-electron chi connectivity index (χ3n) is 4.83. The largest absolute Gasteiger partial charge is 0.545 e. The standard InChI is InChI=1S/C19H16ClNO2/c20-13-7-4-11(5-8-13)18-15-3-1-2-14(15)16-10-12(19(22)23)6-9-17(16)21-18/h1-2,4-10,14-15,18,21H,3H2,(H,22,23)/p-1/t14-,15+,18+/m1/s1.